The standard InChI is InChI=1S/C21H18F3N7/c1-11(13-7-6-12(22)8-16(13)24)26-18-10-19(29-21(25)28-18)27-20-9-17(30-31-20)14-4-2-3-5-15(14)23/h2-11H,1H3,(H5,25,26,27,28,29,30,31). The molecule has 0 aliphatic heterocycles. The maximum absolute atomic E-state index is 14.0. The van der Waals surface area contributed by atoms with Gasteiger partial charge in [-0.05, 0) is 25.1 Å². The topological polar surface area (TPSA) is 105 Å². The summed E-state index contributed by atoms with van der Waals surface area (Å²) in [6, 6.07) is 12.4. The third-order valence-corrected chi connectivity index (χ3v) is 4.53. The number of hydrogen-bond acceptors (Lipinski definition) is 6. The fourth-order valence-corrected chi connectivity index (χ4v) is 3.09. The molecule has 0 amide bonds. The summed E-state index contributed by atoms with van der Waals surface area (Å²) in [4.78, 5) is 8.20. The molecule has 5 N–H and O–H groups in total. The van der Waals surface area contributed by atoms with E-state index >= 15 is 0 Å². The van der Waals surface area contributed by atoms with Crippen LogP contribution in [-0.4, -0.2) is 20.2 Å². The van der Waals surface area contributed by atoms with Gasteiger partial charge < -0.3 is 16.4 Å². The van der Waals surface area contributed by atoms with Crippen molar-refractivity contribution in [3.8, 4) is 11.3 Å². The number of nitrogen functional groups attached to an aromatic ring is 1. The number of benzene rings is 2. The molecule has 31 heavy (non-hydrogen) atoms. The lowest BCUT2D eigenvalue weighted by atomic mass is 10.1. The number of aromatic amines is 1. The summed E-state index contributed by atoms with van der Waals surface area (Å²) in [7, 11) is 0. The van der Waals surface area contributed by atoms with Crippen LogP contribution in [0.1, 0.15) is 18.5 Å². The molecule has 10 heteroatoms. The molecule has 0 bridgehead atoms. The molecule has 0 fully saturated rings. The molecule has 2 aromatic carbocycles. The van der Waals surface area contributed by atoms with E-state index in [9.17, 15) is 13.2 Å². The van der Waals surface area contributed by atoms with Gasteiger partial charge in [0.2, 0.25) is 5.95 Å². The van der Waals surface area contributed by atoms with Crippen LogP contribution in [0.15, 0.2) is 54.6 Å². The minimum absolute atomic E-state index is 0.0239. The molecule has 0 radical (unpaired) electrons. The number of halogens is 3. The van der Waals surface area contributed by atoms with Gasteiger partial charge in [0, 0.05) is 29.3 Å². The van der Waals surface area contributed by atoms with Gasteiger partial charge in [-0.2, -0.15) is 15.1 Å². The lowest BCUT2D eigenvalue weighted by molar-refractivity contribution is 0.566. The summed E-state index contributed by atoms with van der Waals surface area (Å²) in [5, 5.41) is 12.8. The van der Waals surface area contributed by atoms with E-state index in [2.05, 4.69) is 30.8 Å². The van der Waals surface area contributed by atoms with Crippen LogP contribution in [0.4, 0.5) is 36.6 Å². The van der Waals surface area contributed by atoms with E-state index in [1.807, 2.05) is 0 Å². The molecule has 7 nitrogen and oxygen atoms in total. The van der Waals surface area contributed by atoms with Gasteiger partial charge in [0.25, 0.3) is 0 Å². The summed E-state index contributed by atoms with van der Waals surface area (Å²) >= 11 is 0. The van der Waals surface area contributed by atoms with Gasteiger partial charge in [0.15, 0.2) is 5.82 Å². The first-order valence-corrected chi connectivity index (χ1v) is 9.32. The van der Waals surface area contributed by atoms with Crippen molar-refractivity contribution in [2.24, 2.45) is 0 Å². The van der Waals surface area contributed by atoms with Crippen LogP contribution < -0.4 is 16.4 Å². The second-order valence-electron chi connectivity index (χ2n) is 6.80. The van der Waals surface area contributed by atoms with E-state index in [4.69, 9.17) is 5.73 Å². The van der Waals surface area contributed by atoms with Crippen LogP contribution >= 0.6 is 0 Å². The number of rotatable bonds is 6. The molecule has 158 valence electrons. The maximum Gasteiger partial charge on any atom is 0.223 e. The normalized spacial score (nSPS) is 11.9. The van der Waals surface area contributed by atoms with Crippen LogP contribution in [0.3, 0.4) is 0 Å². The zero-order valence-electron chi connectivity index (χ0n) is 16.3. The highest BCUT2D eigenvalue weighted by Crippen LogP contribution is 2.26. The monoisotopic (exact) mass is 425 g/mol. The van der Waals surface area contributed by atoms with Crippen LogP contribution in [0.2, 0.25) is 0 Å². The number of nitrogens with two attached hydrogens (primary N) is 1. The van der Waals surface area contributed by atoms with Crippen molar-refractivity contribution < 1.29 is 13.2 Å². The van der Waals surface area contributed by atoms with Crippen molar-refractivity contribution in [3.63, 3.8) is 0 Å². The number of aromatic nitrogens is 4. The van der Waals surface area contributed by atoms with Crippen molar-refractivity contribution in [1.29, 1.82) is 0 Å². The third-order valence-electron chi connectivity index (χ3n) is 4.53. The SMILES string of the molecule is CC(Nc1cc(Nc2cc(-c3ccccc3F)[nH]n2)nc(N)n1)c1ccc(F)cc1F. The van der Waals surface area contributed by atoms with E-state index in [0.29, 0.717) is 28.7 Å². The Bertz CT molecular complexity index is 1230. The van der Waals surface area contributed by atoms with Gasteiger partial charge >= 0.3 is 0 Å². The number of hydrogen-bond donors (Lipinski definition) is 4. The van der Waals surface area contributed by atoms with Gasteiger partial charge in [-0.3, -0.25) is 5.10 Å². The quantitative estimate of drug-likeness (QED) is 0.354. The molecule has 0 saturated heterocycles. The summed E-state index contributed by atoms with van der Waals surface area (Å²) < 4.78 is 41.1. The first kappa shape index (κ1) is 20.2. The van der Waals surface area contributed by atoms with Gasteiger partial charge in [0.1, 0.15) is 29.1 Å². The predicted molar refractivity (Wildman–Crippen MR) is 112 cm³/mol. The zero-order valence-corrected chi connectivity index (χ0v) is 16.3. The Morgan fingerprint density at radius 3 is 2.45 bits per heavy atom. The first-order valence-electron chi connectivity index (χ1n) is 9.32. The smallest absolute Gasteiger partial charge is 0.223 e. The van der Waals surface area contributed by atoms with Crippen molar-refractivity contribution in [3.05, 3.63) is 77.6 Å². The molecule has 0 saturated carbocycles. The predicted octanol–water partition coefficient (Wildman–Crippen LogP) is 4.78. The molecule has 4 aromatic rings. The zero-order chi connectivity index (χ0) is 22.0. The fraction of sp³-hybridized carbons (Fsp3) is 0.0952. The van der Waals surface area contributed by atoms with E-state index in [1.54, 1.807) is 37.3 Å². The van der Waals surface area contributed by atoms with Crippen molar-refractivity contribution in [1.82, 2.24) is 20.2 Å². The molecule has 2 aromatic heterocycles. The Morgan fingerprint density at radius 1 is 0.903 bits per heavy atom. The lowest BCUT2D eigenvalue weighted by Crippen LogP contribution is -2.12. The highest BCUT2D eigenvalue weighted by molar-refractivity contribution is 5.66. The molecule has 0 spiro atoms. The van der Waals surface area contributed by atoms with E-state index in [1.165, 1.54) is 18.2 Å². The molecule has 0 aliphatic carbocycles. The summed E-state index contributed by atoms with van der Waals surface area (Å²) in [6.45, 7) is 1.70. The van der Waals surface area contributed by atoms with E-state index in [-0.39, 0.29) is 17.3 Å². The summed E-state index contributed by atoms with van der Waals surface area (Å²) in [5.41, 5.74) is 6.93. The van der Waals surface area contributed by atoms with Gasteiger partial charge in [-0.25, -0.2) is 13.2 Å². The Balaban J connectivity index is 1.53. The number of nitrogens with zero attached hydrogens (tertiary/aromatic N) is 3. The van der Waals surface area contributed by atoms with Crippen LogP contribution in [-0.2, 0) is 0 Å². The summed E-state index contributed by atoms with van der Waals surface area (Å²) in [5.74, 6) is -0.677. The van der Waals surface area contributed by atoms with Crippen molar-refractivity contribution >= 4 is 23.4 Å². The molecule has 4 rings (SSSR count). The molecule has 0 aliphatic rings. The average Bonchev–Trinajstić information content (AvgIpc) is 3.15. The Morgan fingerprint density at radius 2 is 1.68 bits per heavy atom. The Labute approximate surface area is 175 Å². The molecule has 1 atom stereocenters. The van der Waals surface area contributed by atoms with Crippen LogP contribution in [0, 0.1) is 17.5 Å². The molecular formula is C21H18F3N7. The van der Waals surface area contributed by atoms with Gasteiger partial charge in [0.05, 0.1) is 11.7 Å². The fourth-order valence-electron chi connectivity index (χ4n) is 3.09. The van der Waals surface area contributed by atoms with Gasteiger partial charge in [-0.1, -0.05) is 18.2 Å². The minimum atomic E-state index is -0.669. The number of anilines is 4. The first-order chi connectivity index (χ1) is 14.9. The Hall–Kier alpha value is -4.08. The van der Waals surface area contributed by atoms with Crippen LogP contribution in [0.25, 0.3) is 11.3 Å². The minimum Gasteiger partial charge on any atom is -0.368 e. The molecule has 2 heterocycles. The van der Waals surface area contributed by atoms with Crippen LogP contribution in [0.5, 0.6) is 0 Å². The largest absolute Gasteiger partial charge is 0.368 e. The third kappa shape index (κ3) is 4.58. The molecule has 1 unspecified atom stereocenters. The van der Waals surface area contributed by atoms with E-state index < -0.39 is 17.7 Å². The molecular weight excluding hydrogens is 407 g/mol. The average molecular weight is 425 g/mol. The highest BCUT2D eigenvalue weighted by Gasteiger charge is 2.14. The Kier molecular flexibility index (Phi) is 5.44. The second kappa shape index (κ2) is 8.34. The highest BCUT2D eigenvalue weighted by atomic mass is 19.1. The van der Waals surface area contributed by atoms with Crippen molar-refractivity contribution in [2.75, 3.05) is 16.4 Å². The van der Waals surface area contributed by atoms with Crippen molar-refractivity contribution in [2.45, 2.75) is 13.0 Å². The second-order valence-corrected chi connectivity index (χ2v) is 6.80. The number of H-pyrrole nitrogens is 1. The maximum atomic E-state index is 14.0. The number of nitrogens with one attached hydrogen (secondary N) is 3. The lowest BCUT2D eigenvalue weighted by Gasteiger charge is -2.16. The summed E-state index contributed by atoms with van der Waals surface area (Å²) in [6.07, 6.45) is 0. The van der Waals surface area contributed by atoms with E-state index in [0.717, 1.165) is 6.07 Å². The van der Waals surface area contributed by atoms with Gasteiger partial charge in [-0.15, -0.1) is 0 Å².